The lowest BCUT2D eigenvalue weighted by Crippen LogP contribution is -2.33. The second-order valence-electron chi connectivity index (χ2n) is 3.29. The molecule has 0 fully saturated rings. The highest BCUT2D eigenvalue weighted by Crippen LogP contribution is 2.11. The molecular formula is C10H13NO4. The first-order chi connectivity index (χ1) is 7.11. The van der Waals surface area contributed by atoms with Crippen molar-refractivity contribution in [1.82, 2.24) is 5.32 Å². The number of hydrogen-bond acceptors (Lipinski definition) is 4. The summed E-state index contributed by atoms with van der Waals surface area (Å²) in [7, 11) is 0. The molecule has 1 amide bonds. The van der Waals surface area contributed by atoms with Crippen LogP contribution in [0, 0.1) is 0 Å². The summed E-state index contributed by atoms with van der Waals surface area (Å²) >= 11 is 0. The van der Waals surface area contributed by atoms with Crippen LogP contribution < -0.4 is 5.32 Å². The first-order valence-corrected chi connectivity index (χ1v) is 4.51. The molecule has 0 saturated carbocycles. The Bertz CT molecular complexity index is 323. The van der Waals surface area contributed by atoms with Crippen LogP contribution in [0.4, 0.5) is 4.79 Å². The molecular weight excluding hydrogens is 198 g/mol. The molecule has 0 heterocycles. The third-order valence-corrected chi connectivity index (χ3v) is 1.93. The fraction of sp³-hybridized carbons (Fsp3) is 0.300. The Kier molecular flexibility index (Phi) is 3.93. The van der Waals surface area contributed by atoms with Gasteiger partial charge in [0.1, 0.15) is 5.75 Å². The number of hydrogen-bond donors (Lipinski definition) is 3. The molecule has 0 aliphatic rings. The molecule has 0 aliphatic carbocycles. The van der Waals surface area contributed by atoms with Gasteiger partial charge in [-0.25, -0.2) is 4.79 Å². The summed E-state index contributed by atoms with van der Waals surface area (Å²) in [6.45, 7) is 1.78. The monoisotopic (exact) mass is 211 g/mol. The van der Waals surface area contributed by atoms with Gasteiger partial charge in [0.15, 0.2) is 0 Å². The van der Waals surface area contributed by atoms with Crippen molar-refractivity contribution in [1.29, 1.82) is 0 Å². The molecule has 1 unspecified atom stereocenters. The van der Waals surface area contributed by atoms with Gasteiger partial charge in [-0.15, -0.1) is 0 Å². The molecule has 1 aromatic carbocycles. The summed E-state index contributed by atoms with van der Waals surface area (Å²) in [5, 5.41) is 19.5. The number of phenolic OH excluding ortho intramolecular Hbond substituents is 1. The van der Waals surface area contributed by atoms with Gasteiger partial charge in [0, 0.05) is 6.04 Å². The third-order valence-electron chi connectivity index (χ3n) is 1.93. The highest BCUT2D eigenvalue weighted by atomic mass is 17.1. The lowest BCUT2D eigenvalue weighted by atomic mass is 10.1. The number of aromatic hydroxyl groups is 1. The maximum absolute atomic E-state index is 10.6. The Morgan fingerprint density at radius 1 is 1.47 bits per heavy atom. The zero-order chi connectivity index (χ0) is 11.3. The van der Waals surface area contributed by atoms with E-state index in [-0.39, 0.29) is 11.8 Å². The van der Waals surface area contributed by atoms with Crippen LogP contribution in [-0.4, -0.2) is 22.5 Å². The number of nitrogens with one attached hydrogen (secondary N) is 1. The number of phenols is 1. The summed E-state index contributed by atoms with van der Waals surface area (Å²) in [6.07, 6.45) is -0.281. The number of carbonyl (C=O) groups is 1. The summed E-state index contributed by atoms with van der Waals surface area (Å²) in [5.41, 5.74) is 0.971. The van der Waals surface area contributed by atoms with Gasteiger partial charge in [-0.3, -0.25) is 4.89 Å². The van der Waals surface area contributed by atoms with Crippen molar-refractivity contribution < 1.29 is 20.0 Å². The van der Waals surface area contributed by atoms with Crippen LogP contribution in [0.25, 0.3) is 0 Å². The van der Waals surface area contributed by atoms with E-state index in [4.69, 9.17) is 10.4 Å². The highest BCUT2D eigenvalue weighted by molar-refractivity contribution is 5.66. The largest absolute Gasteiger partial charge is 0.508 e. The lowest BCUT2D eigenvalue weighted by molar-refractivity contribution is -0.178. The van der Waals surface area contributed by atoms with Gasteiger partial charge in [0.25, 0.3) is 0 Å². The predicted octanol–water partition coefficient (Wildman–Crippen LogP) is 1.52. The standard InChI is InChI=1S/C10H13NO4/c1-7(11-10(13)15-14)6-8-2-4-9(12)5-3-8/h2-5,7,12,14H,6H2,1H3,(H,11,13). The van der Waals surface area contributed by atoms with E-state index < -0.39 is 6.09 Å². The maximum atomic E-state index is 10.6. The second kappa shape index (κ2) is 5.21. The molecule has 0 spiro atoms. The fourth-order valence-corrected chi connectivity index (χ4v) is 1.26. The number of rotatable bonds is 3. The molecule has 3 N–H and O–H groups in total. The number of carbonyl (C=O) groups excluding carboxylic acids is 1. The molecule has 0 aliphatic heterocycles. The first kappa shape index (κ1) is 11.3. The van der Waals surface area contributed by atoms with Crippen molar-refractivity contribution in [2.24, 2.45) is 0 Å². The van der Waals surface area contributed by atoms with Crippen LogP contribution in [0.3, 0.4) is 0 Å². The van der Waals surface area contributed by atoms with E-state index in [1.54, 1.807) is 31.2 Å². The normalized spacial score (nSPS) is 11.9. The molecule has 0 aromatic heterocycles. The van der Waals surface area contributed by atoms with E-state index in [2.05, 4.69) is 10.2 Å². The van der Waals surface area contributed by atoms with E-state index >= 15 is 0 Å². The van der Waals surface area contributed by atoms with Gasteiger partial charge in [-0.05, 0) is 31.0 Å². The average Bonchev–Trinajstić information content (AvgIpc) is 2.21. The smallest absolute Gasteiger partial charge is 0.438 e. The van der Waals surface area contributed by atoms with Gasteiger partial charge in [0.05, 0.1) is 0 Å². The van der Waals surface area contributed by atoms with Crippen molar-refractivity contribution >= 4 is 6.09 Å². The molecule has 1 rings (SSSR count). The van der Waals surface area contributed by atoms with Gasteiger partial charge >= 0.3 is 6.09 Å². The van der Waals surface area contributed by atoms with E-state index in [1.807, 2.05) is 0 Å². The lowest BCUT2D eigenvalue weighted by Gasteiger charge is -2.11. The van der Waals surface area contributed by atoms with E-state index in [0.29, 0.717) is 6.42 Å². The van der Waals surface area contributed by atoms with Crippen molar-refractivity contribution in [3.8, 4) is 5.75 Å². The molecule has 0 radical (unpaired) electrons. The van der Waals surface area contributed by atoms with E-state index in [9.17, 15) is 4.79 Å². The summed E-state index contributed by atoms with van der Waals surface area (Å²) in [6, 6.07) is 6.52. The number of benzene rings is 1. The Balaban J connectivity index is 2.47. The Morgan fingerprint density at radius 3 is 2.60 bits per heavy atom. The van der Waals surface area contributed by atoms with Crippen LogP contribution in [0.5, 0.6) is 5.75 Å². The quantitative estimate of drug-likeness (QED) is 0.523. The molecule has 0 saturated heterocycles. The van der Waals surface area contributed by atoms with Crippen LogP contribution in [0.1, 0.15) is 12.5 Å². The SMILES string of the molecule is CC(Cc1ccc(O)cc1)NC(=O)OO. The topological polar surface area (TPSA) is 78.8 Å². The molecule has 15 heavy (non-hydrogen) atoms. The third kappa shape index (κ3) is 3.86. The molecule has 1 atom stereocenters. The zero-order valence-corrected chi connectivity index (χ0v) is 8.30. The van der Waals surface area contributed by atoms with Crippen LogP contribution >= 0.6 is 0 Å². The van der Waals surface area contributed by atoms with Crippen LogP contribution in [-0.2, 0) is 11.3 Å². The summed E-state index contributed by atoms with van der Waals surface area (Å²) in [5.74, 6) is 0.203. The first-order valence-electron chi connectivity index (χ1n) is 4.51. The van der Waals surface area contributed by atoms with Crippen molar-refractivity contribution in [3.05, 3.63) is 29.8 Å². The van der Waals surface area contributed by atoms with E-state index in [1.165, 1.54) is 0 Å². The van der Waals surface area contributed by atoms with Gasteiger partial charge in [0.2, 0.25) is 0 Å². The van der Waals surface area contributed by atoms with Crippen molar-refractivity contribution in [2.45, 2.75) is 19.4 Å². The van der Waals surface area contributed by atoms with Crippen molar-refractivity contribution in [2.75, 3.05) is 0 Å². The minimum atomic E-state index is -0.874. The summed E-state index contributed by atoms with van der Waals surface area (Å²) < 4.78 is 0. The minimum absolute atomic E-state index is 0.158. The molecule has 1 aromatic rings. The van der Waals surface area contributed by atoms with Crippen LogP contribution in [0.2, 0.25) is 0 Å². The minimum Gasteiger partial charge on any atom is -0.508 e. The Morgan fingerprint density at radius 2 is 2.07 bits per heavy atom. The average molecular weight is 211 g/mol. The zero-order valence-electron chi connectivity index (χ0n) is 8.30. The highest BCUT2D eigenvalue weighted by Gasteiger charge is 2.08. The number of amides is 1. The Hall–Kier alpha value is -1.75. The van der Waals surface area contributed by atoms with Gasteiger partial charge in [-0.1, -0.05) is 12.1 Å². The molecule has 5 nitrogen and oxygen atoms in total. The van der Waals surface area contributed by atoms with Crippen LogP contribution in [0.15, 0.2) is 24.3 Å². The van der Waals surface area contributed by atoms with Gasteiger partial charge < -0.3 is 10.4 Å². The fourth-order valence-electron chi connectivity index (χ4n) is 1.26. The van der Waals surface area contributed by atoms with Crippen molar-refractivity contribution in [3.63, 3.8) is 0 Å². The molecule has 5 heteroatoms. The Labute approximate surface area is 87.2 Å². The molecule has 0 bridgehead atoms. The second-order valence-corrected chi connectivity index (χ2v) is 3.29. The molecule has 82 valence electrons. The summed E-state index contributed by atoms with van der Waals surface area (Å²) in [4.78, 5) is 14.1. The maximum Gasteiger partial charge on any atom is 0.438 e. The van der Waals surface area contributed by atoms with E-state index in [0.717, 1.165) is 5.56 Å². The predicted molar refractivity (Wildman–Crippen MR) is 53.5 cm³/mol. The van der Waals surface area contributed by atoms with Gasteiger partial charge in [-0.2, -0.15) is 5.26 Å².